The fourth-order valence-electron chi connectivity index (χ4n) is 2.96. The zero-order chi connectivity index (χ0) is 15.2. The molecule has 0 aliphatic carbocycles. The minimum absolute atomic E-state index is 0.295. The van der Waals surface area contributed by atoms with E-state index in [2.05, 4.69) is 43.4 Å². The number of amides is 1. The van der Waals surface area contributed by atoms with Crippen LogP contribution in [0.5, 0.6) is 0 Å². The van der Waals surface area contributed by atoms with Crippen LogP contribution in [0.4, 0.5) is 0 Å². The first kappa shape index (κ1) is 16.0. The Labute approximate surface area is 128 Å². The highest BCUT2D eigenvalue weighted by molar-refractivity contribution is 5.75. The third kappa shape index (κ3) is 4.57. The molecule has 1 aliphatic rings. The molecule has 0 bridgehead atoms. The van der Waals surface area contributed by atoms with Crippen molar-refractivity contribution in [2.45, 2.75) is 58.5 Å². The molecule has 116 valence electrons. The second-order valence-electron chi connectivity index (χ2n) is 6.29. The Bertz CT molecular complexity index is 462. The van der Waals surface area contributed by atoms with Crippen molar-refractivity contribution in [3.05, 3.63) is 35.4 Å². The van der Waals surface area contributed by atoms with Gasteiger partial charge in [0.15, 0.2) is 0 Å². The lowest BCUT2D eigenvalue weighted by molar-refractivity contribution is -0.131. The summed E-state index contributed by atoms with van der Waals surface area (Å²) < 4.78 is 0. The number of carbonyl (C=O) groups excluding carboxylic acids is 1. The molecule has 1 N–H and O–H groups in total. The molecular weight excluding hydrogens is 260 g/mol. The summed E-state index contributed by atoms with van der Waals surface area (Å²) in [6, 6.07) is 9.43. The van der Waals surface area contributed by atoms with E-state index in [9.17, 15) is 4.79 Å². The van der Waals surface area contributed by atoms with Crippen LogP contribution < -0.4 is 5.32 Å². The van der Waals surface area contributed by atoms with Crippen molar-refractivity contribution in [3.63, 3.8) is 0 Å². The highest BCUT2D eigenvalue weighted by Gasteiger charge is 2.22. The van der Waals surface area contributed by atoms with Crippen molar-refractivity contribution in [1.29, 1.82) is 0 Å². The maximum atomic E-state index is 11.7. The quantitative estimate of drug-likeness (QED) is 0.901. The van der Waals surface area contributed by atoms with Gasteiger partial charge in [-0.1, -0.05) is 45.0 Å². The predicted molar refractivity (Wildman–Crippen MR) is 87.3 cm³/mol. The molecule has 1 aromatic rings. The average Bonchev–Trinajstić information content (AvgIpc) is 2.52. The number of hydrogen-bond donors (Lipinski definition) is 1. The second kappa shape index (κ2) is 7.60. The van der Waals surface area contributed by atoms with E-state index in [1.807, 2.05) is 11.8 Å². The summed E-state index contributed by atoms with van der Waals surface area (Å²) in [5.74, 6) is 0.897. The minimum atomic E-state index is 0.295. The van der Waals surface area contributed by atoms with Crippen LogP contribution in [0.25, 0.3) is 0 Å². The summed E-state index contributed by atoms with van der Waals surface area (Å²) in [5.41, 5.74) is 2.79. The zero-order valence-corrected chi connectivity index (χ0v) is 13.6. The number of nitrogens with zero attached hydrogens (tertiary/aromatic N) is 1. The third-order valence-electron chi connectivity index (χ3n) is 4.29. The third-order valence-corrected chi connectivity index (χ3v) is 4.29. The molecule has 3 nitrogen and oxygen atoms in total. The largest absolute Gasteiger partial charge is 0.343 e. The summed E-state index contributed by atoms with van der Waals surface area (Å²) in [6.07, 6.45) is 2.81. The lowest BCUT2D eigenvalue weighted by atomic mass is 9.88. The number of hydrogen-bond acceptors (Lipinski definition) is 2. The summed E-state index contributed by atoms with van der Waals surface area (Å²) in [7, 11) is 0. The van der Waals surface area contributed by atoms with Crippen molar-refractivity contribution >= 4 is 5.91 Å². The van der Waals surface area contributed by atoms with E-state index >= 15 is 0 Å². The van der Waals surface area contributed by atoms with Gasteiger partial charge < -0.3 is 10.2 Å². The van der Waals surface area contributed by atoms with Crippen LogP contribution in [0, 0.1) is 0 Å². The van der Waals surface area contributed by atoms with E-state index in [1.54, 1.807) is 0 Å². The van der Waals surface area contributed by atoms with Gasteiger partial charge in [-0.15, -0.1) is 0 Å². The van der Waals surface area contributed by atoms with Gasteiger partial charge in [-0.25, -0.2) is 0 Å². The fraction of sp³-hybridized carbons (Fsp3) is 0.611. The van der Waals surface area contributed by atoms with E-state index in [0.717, 1.165) is 32.5 Å². The van der Waals surface area contributed by atoms with Gasteiger partial charge in [-0.2, -0.15) is 0 Å². The van der Waals surface area contributed by atoms with Crippen LogP contribution in [0.15, 0.2) is 24.3 Å². The second-order valence-corrected chi connectivity index (χ2v) is 6.29. The number of nitrogens with one attached hydrogen (secondary N) is 1. The Morgan fingerprint density at radius 2 is 2.05 bits per heavy atom. The average molecular weight is 288 g/mol. The van der Waals surface area contributed by atoms with E-state index in [-0.39, 0.29) is 0 Å². The number of piperidine rings is 1. The molecule has 0 spiro atoms. The molecule has 0 aromatic heterocycles. The molecule has 1 fully saturated rings. The fourth-order valence-corrected chi connectivity index (χ4v) is 2.96. The maximum absolute atomic E-state index is 11.7. The number of likely N-dealkylation sites (tertiary alicyclic amines) is 1. The van der Waals surface area contributed by atoms with Crippen molar-refractivity contribution in [2.75, 3.05) is 13.1 Å². The standard InChI is InChI=1S/C18H28N2O/c1-4-18(21)20-10-8-16(9-11-20)17-7-5-6-15(12-17)13-19-14(2)3/h5-7,12,14,16,19H,4,8-11,13H2,1-3H3. The normalized spacial score (nSPS) is 16.5. The first-order chi connectivity index (χ1) is 10.1. The Kier molecular flexibility index (Phi) is 5.80. The summed E-state index contributed by atoms with van der Waals surface area (Å²) in [4.78, 5) is 13.7. The van der Waals surface area contributed by atoms with Crippen molar-refractivity contribution in [1.82, 2.24) is 10.2 Å². The van der Waals surface area contributed by atoms with Crippen molar-refractivity contribution < 1.29 is 4.79 Å². The number of rotatable bonds is 5. The molecular formula is C18H28N2O. The molecule has 0 radical (unpaired) electrons. The van der Waals surface area contributed by atoms with E-state index in [4.69, 9.17) is 0 Å². The highest BCUT2D eigenvalue weighted by atomic mass is 16.2. The Hall–Kier alpha value is -1.35. The molecule has 0 atom stereocenters. The van der Waals surface area contributed by atoms with Crippen LogP contribution >= 0.6 is 0 Å². The smallest absolute Gasteiger partial charge is 0.222 e. The first-order valence-corrected chi connectivity index (χ1v) is 8.20. The first-order valence-electron chi connectivity index (χ1n) is 8.20. The SMILES string of the molecule is CCC(=O)N1CCC(c2cccc(CNC(C)C)c2)CC1. The maximum Gasteiger partial charge on any atom is 0.222 e. The molecule has 1 amide bonds. The molecule has 1 saturated heterocycles. The molecule has 1 heterocycles. The lowest BCUT2D eigenvalue weighted by Crippen LogP contribution is -2.37. The van der Waals surface area contributed by atoms with Crippen molar-refractivity contribution in [3.8, 4) is 0 Å². The summed E-state index contributed by atoms with van der Waals surface area (Å²) >= 11 is 0. The summed E-state index contributed by atoms with van der Waals surface area (Å²) in [6.45, 7) is 9.03. The van der Waals surface area contributed by atoms with Crippen LogP contribution in [0.2, 0.25) is 0 Å². The van der Waals surface area contributed by atoms with Crippen LogP contribution in [-0.4, -0.2) is 29.9 Å². The van der Waals surface area contributed by atoms with Gasteiger partial charge >= 0.3 is 0 Å². The Morgan fingerprint density at radius 1 is 1.33 bits per heavy atom. The Morgan fingerprint density at radius 3 is 2.67 bits per heavy atom. The van der Waals surface area contributed by atoms with E-state index in [0.29, 0.717) is 24.3 Å². The van der Waals surface area contributed by atoms with Gasteiger partial charge in [-0.3, -0.25) is 4.79 Å². The minimum Gasteiger partial charge on any atom is -0.343 e. The monoisotopic (exact) mass is 288 g/mol. The van der Waals surface area contributed by atoms with E-state index in [1.165, 1.54) is 11.1 Å². The molecule has 0 saturated carbocycles. The van der Waals surface area contributed by atoms with Gasteiger partial charge in [0.25, 0.3) is 0 Å². The van der Waals surface area contributed by atoms with Crippen LogP contribution in [0.3, 0.4) is 0 Å². The van der Waals surface area contributed by atoms with Gasteiger partial charge in [0.05, 0.1) is 0 Å². The van der Waals surface area contributed by atoms with Crippen molar-refractivity contribution in [2.24, 2.45) is 0 Å². The van der Waals surface area contributed by atoms with Gasteiger partial charge in [-0.05, 0) is 29.9 Å². The zero-order valence-electron chi connectivity index (χ0n) is 13.6. The topological polar surface area (TPSA) is 32.3 Å². The predicted octanol–water partition coefficient (Wildman–Crippen LogP) is 3.30. The van der Waals surface area contributed by atoms with Gasteiger partial charge in [0.2, 0.25) is 5.91 Å². The number of benzene rings is 1. The number of carbonyl (C=O) groups is 1. The molecule has 3 heteroatoms. The van der Waals surface area contributed by atoms with Crippen LogP contribution in [-0.2, 0) is 11.3 Å². The van der Waals surface area contributed by atoms with Gasteiger partial charge in [0, 0.05) is 32.1 Å². The molecule has 1 aliphatic heterocycles. The Balaban J connectivity index is 1.94. The van der Waals surface area contributed by atoms with Gasteiger partial charge in [0.1, 0.15) is 0 Å². The highest BCUT2D eigenvalue weighted by Crippen LogP contribution is 2.28. The molecule has 1 aromatic carbocycles. The van der Waals surface area contributed by atoms with Crippen LogP contribution in [0.1, 0.15) is 57.1 Å². The lowest BCUT2D eigenvalue weighted by Gasteiger charge is -2.32. The molecule has 0 unspecified atom stereocenters. The summed E-state index contributed by atoms with van der Waals surface area (Å²) in [5, 5.41) is 3.47. The van der Waals surface area contributed by atoms with E-state index < -0.39 is 0 Å². The molecule has 21 heavy (non-hydrogen) atoms. The molecule has 2 rings (SSSR count).